The fourth-order valence-corrected chi connectivity index (χ4v) is 2.32. The van der Waals surface area contributed by atoms with E-state index in [0.29, 0.717) is 6.54 Å². The topological polar surface area (TPSA) is 94.6 Å². The molecule has 1 aliphatic heterocycles. The van der Waals surface area contributed by atoms with E-state index < -0.39 is 5.97 Å². The molecule has 2 amide bonds. The average molecular weight is 292 g/mol. The zero-order valence-electron chi connectivity index (χ0n) is 12.0. The minimum absolute atomic E-state index is 0.00287. The number of rotatable bonds is 4. The summed E-state index contributed by atoms with van der Waals surface area (Å²) in [6.45, 7) is 2.20. The number of piperidine rings is 1. The smallest absolute Gasteiger partial charge is 0.354 e. The Morgan fingerprint density at radius 1 is 1.43 bits per heavy atom. The van der Waals surface area contributed by atoms with Crippen LogP contribution in [0.15, 0.2) is 18.3 Å². The molecular weight excluding hydrogens is 272 g/mol. The molecule has 2 heterocycles. The summed E-state index contributed by atoms with van der Waals surface area (Å²) in [6.07, 6.45) is 3.38. The number of carboxylic acids is 1. The highest BCUT2D eigenvalue weighted by Crippen LogP contribution is 2.10. The second kappa shape index (κ2) is 7.03. The van der Waals surface area contributed by atoms with Gasteiger partial charge >= 0.3 is 12.0 Å². The molecule has 7 heteroatoms. The van der Waals surface area contributed by atoms with E-state index in [2.05, 4.69) is 15.6 Å². The molecular formula is C14H20N4O3. The van der Waals surface area contributed by atoms with Crippen LogP contribution in [-0.4, -0.2) is 53.2 Å². The van der Waals surface area contributed by atoms with Gasteiger partial charge in [0, 0.05) is 25.8 Å². The highest BCUT2D eigenvalue weighted by atomic mass is 16.4. The normalized spacial score (nSPS) is 15.5. The van der Waals surface area contributed by atoms with Crippen LogP contribution >= 0.6 is 0 Å². The van der Waals surface area contributed by atoms with Crippen molar-refractivity contribution in [3.8, 4) is 0 Å². The van der Waals surface area contributed by atoms with Gasteiger partial charge in [-0.15, -0.1) is 0 Å². The molecule has 7 nitrogen and oxygen atoms in total. The molecule has 0 aromatic carbocycles. The second-order valence-electron chi connectivity index (χ2n) is 5.11. The molecule has 21 heavy (non-hydrogen) atoms. The summed E-state index contributed by atoms with van der Waals surface area (Å²) in [5.74, 6) is -1.06. The van der Waals surface area contributed by atoms with Crippen molar-refractivity contribution in [1.82, 2.24) is 20.5 Å². The van der Waals surface area contributed by atoms with Crippen LogP contribution < -0.4 is 10.6 Å². The first kappa shape index (κ1) is 15.2. The van der Waals surface area contributed by atoms with Crippen molar-refractivity contribution in [1.29, 1.82) is 0 Å². The largest absolute Gasteiger partial charge is 0.477 e. The molecule has 1 aromatic heterocycles. The van der Waals surface area contributed by atoms with E-state index in [1.807, 2.05) is 0 Å². The molecule has 1 fully saturated rings. The Kier molecular flexibility index (Phi) is 5.10. The van der Waals surface area contributed by atoms with E-state index in [1.165, 1.54) is 12.3 Å². The third-order valence-corrected chi connectivity index (χ3v) is 3.66. The third kappa shape index (κ3) is 4.16. The predicted molar refractivity (Wildman–Crippen MR) is 77.1 cm³/mol. The van der Waals surface area contributed by atoms with E-state index in [4.69, 9.17) is 5.11 Å². The third-order valence-electron chi connectivity index (χ3n) is 3.66. The number of hydrogen-bond acceptors (Lipinski definition) is 4. The molecule has 1 aromatic rings. The van der Waals surface area contributed by atoms with Crippen LogP contribution in [0.2, 0.25) is 0 Å². The summed E-state index contributed by atoms with van der Waals surface area (Å²) in [5, 5.41) is 14.9. The molecule has 0 unspecified atom stereocenters. The zero-order chi connectivity index (χ0) is 15.2. The summed E-state index contributed by atoms with van der Waals surface area (Å²) in [6, 6.07) is 3.23. The number of pyridine rings is 1. The lowest BCUT2D eigenvalue weighted by Crippen LogP contribution is -2.47. The van der Waals surface area contributed by atoms with Crippen LogP contribution in [0.25, 0.3) is 0 Å². The minimum Gasteiger partial charge on any atom is -0.477 e. The highest BCUT2D eigenvalue weighted by Gasteiger charge is 2.21. The monoisotopic (exact) mass is 292 g/mol. The molecule has 0 aliphatic carbocycles. The first-order valence-electron chi connectivity index (χ1n) is 6.97. The number of carboxylic acid groups (broad SMARTS) is 1. The molecule has 0 spiro atoms. The van der Waals surface area contributed by atoms with Gasteiger partial charge in [-0.2, -0.15) is 0 Å². The average Bonchev–Trinajstić information content (AvgIpc) is 2.53. The zero-order valence-corrected chi connectivity index (χ0v) is 12.0. The maximum absolute atomic E-state index is 12.1. The van der Waals surface area contributed by atoms with E-state index in [-0.39, 0.29) is 17.8 Å². The lowest BCUT2D eigenvalue weighted by Gasteiger charge is -2.31. The molecule has 2 rings (SSSR count). The molecule has 3 N–H and O–H groups in total. The molecule has 0 radical (unpaired) electrons. The number of carbonyl (C=O) groups is 2. The maximum atomic E-state index is 12.1. The SMILES string of the molecule is CN(C(=O)NCc1ccc(C(=O)O)nc1)C1CCNCC1. The Labute approximate surface area is 123 Å². The van der Waals surface area contributed by atoms with Crippen molar-refractivity contribution >= 4 is 12.0 Å². The van der Waals surface area contributed by atoms with E-state index in [0.717, 1.165) is 31.5 Å². The molecule has 114 valence electrons. The first-order valence-corrected chi connectivity index (χ1v) is 6.97. The van der Waals surface area contributed by atoms with Crippen LogP contribution in [0.3, 0.4) is 0 Å². The first-order chi connectivity index (χ1) is 10.1. The summed E-state index contributed by atoms with van der Waals surface area (Å²) < 4.78 is 0. The van der Waals surface area contributed by atoms with Crippen molar-refractivity contribution in [2.75, 3.05) is 20.1 Å². The predicted octanol–water partition coefficient (Wildman–Crippen LogP) is 0.673. The van der Waals surface area contributed by atoms with Crippen LogP contribution in [0.4, 0.5) is 4.79 Å². The van der Waals surface area contributed by atoms with Gasteiger partial charge in [0.25, 0.3) is 0 Å². The van der Waals surface area contributed by atoms with Gasteiger partial charge in [-0.3, -0.25) is 0 Å². The Hall–Kier alpha value is -2.15. The Morgan fingerprint density at radius 3 is 2.71 bits per heavy atom. The highest BCUT2D eigenvalue weighted by molar-refractivity contribution is 5.85. The lowest BCUT2D eigenvalue weighted by atomic mass is 10.1. The van der Waals surface area contributed by atoms with Gasteiger partial charge in [-0.1, -0.05) is 6.07 Å². The minimum atomic E-state index is -1.06. The van der Waals surface area contributed by atoms with Crippen LogP contribution in [0.5, 0.6) is 0 Å². The van der Waals surface area contributed by atoms with Gasteiger partial charge in [0.05, 0.1) is 0 Å². The number of carbonyl (C=O) groups excluding carboxylic acids is 1. The number of amides is 2. The van der Waals surface area contributed by atoms with Gasteiger partial charge in [0.15, 0.2) is 0 Å². The van der Waals surface area contributed by atoms with Gasteiger partial charge in [0.2, 0.25) is 0 Å². The van der Waals surface area contributed by atoms with E-state index in [1.54, 1.807) is 18.0 Å². The summed E-state index contributed by atoms with van der Waals surface area (Å²) in [5.41, 5.74) is 0.768. The molecule has 0 saturated carbocycles. The molecule has 0 atom stereocenters. The van der Waals surface area contributed by atoms with Gasteiger partial charge in [-0.05, 0) is 37.6 Å². The Morgan fingerprint density at radius 2 is 2.14 bits per heavy atom. The quantitative estimate of drug-likeness (QED) is 0.758. The fraction of sp³-hybridized carbons (Fsp3) is 0.500. The standard InChI is InChI=1S/C14H20N4O3/c1-18(11-4-6-15-7-5-11)14(21)17-9-10-2-3-12(13(19)20)16-8-10/h2-3,8,11,15H,4-7,9H2,1H3,(H,17,21)(H,19,20). The van der Waals surface area contributed by atoms with Crippen LogP contribution in [-0.2, 0) is 6.54 Å². The van der Waals surface area contributed by atoms with Gasteiger partial charge < -0.3 is 20.6 Å². The summed E-state index contributed by atoms with van der Waals surface area (Å²) >= 11 is 0. The Bertz CT molecular complexity index is 497. The second-order valence-corrected chi connectivity index (χ2v) is 5.11. The maximum Gasteiger partial charge on any atom is 0.354 e. The van der Waals surface area contributed by atoms with Crippen molar-refractivity contribution in [2.45, 2.75) is 25.4 Å². The number of nitrogens with one attached hydrogen (secondary N) is 2. The van der Waals surface area contributed by atoms with E-state index in [9.17, 15) is 9.59 Å². The van der Waals surface area contributed by atoms with Gasteiger partial charge in [-0.25, -0.2) is 14.6 Å². The van der Waals surface area contributed by atoms with Crippen LogP contribution in [0, 0.1) is 0 Å². The van der Waals surface area contributed by atoms with Crippen molar-refractivity contribution < 1.29 is 14.7 Å². The van der Waals surface area contributed by atoms with Crippen molar-refractivity contribution in [3.05, 3.63) is 29.6 Å². The molecule has 0 bridgehead atoms. The van der Waals surface area contributed by atoms with Crippen molar-refractivity contribution in [3.63, 3.8) is 0 Å². The number of nitrogens with zero attached hydrogens (tertiary/aromatic N) is 2. The van der Waals surface area contributed by atoms with Gasteiger partial charge in [0.1, 0.15) is 5.69 Å². The van der Waals surface area contributed by atoms with Crippen molar-refractivity contribution in [2.24, 2.45) is 0 Å². The number of hydrogen-bond donors (Lipinski definition) is 3. The summed E-state index contributed by atoms with van der Waals surface area (Å²) in [4.78, 5) is 28.3. The number of aromatic carboxylic acids is 1. The molecule has 1 saturated heterocycles. The number of urea groups is 1. The number of aromatic nitrogens is 1. The fourth-order valence-electron chi connectivity index (χ4n) is 2.32. The van der Waals surface area contributed by atoms with E-state index >= 15 is 0 Å². The lowest BCUT2D eigenvalue weighted by molar-refractivity contribution is 0.0690. The van der Waals surface area contributed by atoms with Crippen LogP contribution in [0.1, 0.15) is 28.9 Å². The summed E-state index contributed by atoms with van der Waals surface area (Å²) in [7, 11) is 1.80. The molecule has 1 aliphatic rings. The Balaban J connectivity index is 1.83.